The van der Waals surface area contributed by atoms with E-state index in [1.807, 2.05) is 4.57 Å². The summed E-state index contributed by atoms with van der Waals surface area (Å²) in [6.07, 6.45) is 4.25. The fourth-order valence-corrected chi connectivity index (χ4v) is 2.48. The Bertz CT molecular complexity index is 362. The zero-order valence-electron chi connectivity index (χ0n) is 9.11. The lowest BCUT2D eigenvalue weighted by Crippen LogP contribution is -2.03. The Morgan fingerprint density at radius 1 is 1.36 bits per heavy atom. The molecular weight excluding hydrogens is 176 g/mol. The van der Waals surface area contributed by atoms with E-state index < -0.39 is 0 Å². The largest absolute Gasteiger partial charge is 0.324 e. The highest BCUT2D eigenvalue weighted by molar-refractivity contribution is 5.71. The third kappa shape index (κ3) is 0.925. The SMILES string of the molecule is CC1(C)C(n2cncc2C=O)C1(C)C. The number of aldehydes is 1. The fraction of sp³-hybridized carbons (Fsp3) is 0.636. The third-order valence-corrected chi connectivity index (χ3v) is 4.04. The van der Waals surface area contributed by atoms with Crippen molar-refractivity contribution in [3.8, 4) is 0 Å². The maximum Gasteiger partial charge on any atom is 0.168 e. The Kier molecular flexibility index (Phi) is 1.66. The number of hydrogen-bond donors (Lipinski definition) is 0. The number of hydrogen-bond acceptors (Lipinski definition) is 2. The van der Waals surface area contributed by atoms with E-state index in [9.17, 15) is 4.79 Å². The first-order chi connectivity index (χ1) is 6.43. The highest BCUT2D eigenvalue weighted by Gasteiger charge is 2.66. The van der Waals surface area contributed by atoms with Gasteiger partial charge >= 0.3 is 0 Å². The Morgan fingerprint density at radius 3 is 2.36 bits per heavy atom. The Labute approximate surface area is 84.1 Å². The molecule has 76 valence electrons. The first kappa shape index (κ1) is 9.44. The van der Waals surface area contributed by atoms with E-state index in [0.29, 0.717) is 11.7 Å². The normalized spacial score (nSPS) is 23.4. The Balaban J connectivity index is 2.40. The molecule has 1 aliphatic carbocycles. The second kappa shape index (κ2) is 2.47. The van der Waals surface area contributed by atoms with Gasteiger partial charge in [-0.3, -0.25) is 4.79 Å². The lowest BCUT2D eigenvalue weighted by molar-refractivity contribution is 0.111. The predicted molar refractivity (Wildman–Crippen MR) is 54.2 cm³/mol. The summed E-state index contributed by atoms with van der Waals surface area (Å²) in [6.45, 7) is 8.91. The van der Waals surface area contributed by atoms with Crippen LogP contribution in [0.1, 0.15) is 44.2 Å². The quantitative estimate of drug-likeness (QED) is 0.674. The average Bonchev–Trinajstić information content (AvgIpc) is 2.51. The van der Waals surface area contributed by atoms with Crippen molar-refractivity contribution in [3.05, 3.63) is 18.2 Å². The molecule has 14 heavy (non-hydrogen) atoms. The molecule has 0 aliphatic heterocycles. The summed E-state index contributed by atoms with van der Waals surface area (Å²) in [7, 11) is 0. The standard InChI is InChI=1S/C11H16N2O/c1-10(2)9(11(10,3)4)13-7-12-5-8(13)6-14/h5-7,9H,1-4H3. The minimum Gasteiger partial charge on any atom is -0.324 e. The maximum absolute atomic E-state index is 10.8. The van der Waals surface area contributed by atoms with E-state index in [0.717, 1.165) is 6.29 Å². The van der Waals surface area contributed by atoms with Crippen molar-refractivity contribution >= 4 is 6.29 Å². The van der Waals surface area contributed by atoms with Gasteiger partial charge in [0.1, 0.15) is 5.69 Å². The van der Waals surface area contributed by atoms with Gasteiger partial charge in [-0.05, 0) is 10.8 Å². The van der Waals surface area contributed by atoms with Gasteiger partial charge in [-0.1, -0.05) is 27.7 Å². The Hall–Kier alpha value is -1.12. The monoisotopic (exact) mass is 192 g/mol. The molecule has 0 unspecified atom stereocenters. The molecule has 1 aromatic rings. The van der Waals surface area contributed by atoms with Crippen molar-refractivity contribution in [2.24, 2.45) is 10.8 Å². The zero-order valence-corrected chi connectivity index (χ0v) is 9.11. The van der Waals surface area contributed by atoms with Gasteiger partial charge in [-0.2, -0.15) is 0 Å². The molecule has 1 fully saturated rings. The van der Waals surface area contributed by atoms with Crippen molar-refractivity contribution in [1.82, 2.24) is 9.55 Å². The number of imidazole rings is 1. The van der Waals surface area contributed by atoms with Crippen LogP contribution in [0.3, 0.4) is 0 Å². The second-order valence-corrected chi connectivity index (χ2v) is 5.19. The lowest BCUT2D eigenvalue weighted by Gasteiger charge is -2.05. The second-order valence-electron chi connectivity index (χ2n) is 5.19. The average molecular weight is 192 g/mol. The van der Waals surface area contributed by atoms with Gasteiger partial charge < -0.3 is 4.57 Å². The molecule has 0 N–H and O–H groups in total. The Morgan fingerprint density at radius 2 is 1.93 bits per heavy atom. The highest BCUT2D eigenvalue weighted by Crippen LogP contribution is 2.71. The fourth-order valence-electron chi connectivity index (χ4n) is 2.48. The van der Waals surface area contributed by atoms with Gasteiger partial charge in [0.25, 0.3) is 0 Å². The molecule has 1 aromatic heterocycles. The van der Waals surface area contributed by atoms with Crippen LogP contribution in [0.2, 0.25) is 0 Å². The van der Waals surface area contributed by atoms with Crippen LogP contribution in [0.15, 0.2) is 12.5 Å². The molecular formula is C11H16N2O. The van der Waals surface area contributed by atoms with Crippen LogP contribution < -0.4 is 0 Å². The summed E-state index contributed by atoms with van der Waals surface area (Å²) in [4.78, 5) is 14.8. The van der Waals surface area contributed by atoms with Crippen molar-refractivity contribution in [3.63, 3.8) is 0 Å². The number of nitrogens with zero attached hydrogens (tertiary/aromatic N) is 2. The zero-order chi connectivity index (χ0) is 10.6. The number of aromatic nitrogens is 2. The molecule has 0 aromatic carbocycles. The summed E-state index contributed by atoms with van der Waals surface area (Å²) in [6, 6.07) is 0.387. The first-order valence-electron chi connectivity index (χ1n) is 4.90. The lowest BCUT2D eigenvalue weighted by atomic mass is 10.0. The van der Waals surface area contributed by atoms with Crippen LogP contribution in [0.25, 0.3) is 0 Å². The van der Waals surface area contributed by atoms with Crippen LogP contribution >= 0.6 is 0 Å². The van der Waals surface area contributed by atoms with Crippen LogP contribution in [-0.2, 0) is 0 Å². The maximum atomic E-state index is 10.8. The molecule has 2 rings (SSSR count). The van der Waals surface area contributed by atoms with Gasteiger partial charge in [-0.15, -0.1) is 0 Å². The highest BCUT2D eigenvalue weighted by atomic mass is 16.1. The molecule has 1 aliphatic rings. The van der Waals surface area contributed by atoms with Crippen LogP contribution in [0.5, 0.6) is 0 Å². The molecule has 1 saturated carbocycles. The minimum absolute atomic E-state index is 0.242. The summed E-state index contributed by atoms with van der Waals surface area (Å²) in [5, 5.41) is 0. The smallest absolute Gasteiger partial charge is 0.168 e. The summed E-state index contributed by atoms with van der Waals surface area (Å²) in [5.74, 6) is 0. The van der Waals surface area contributed by atoms with Gasteiger partial charge in [0.05, 0.1) is 12.5 Å². The van der Waals surface area contributed by atoms with Crippen LogP contribution in [0.4, 0.5) is 0 Å². The van der Waals surface area contributed by atoms with Gasteiger partial charge in [0.15, 0.2) is 6.29 Å². The van der Waals surface area contributed by atoms with Crippen molar-refractivity contribution in [2.75, 3.05) is 0 Å². The van der Waals surface area contributed by atoms with E-state index in [2.05, 4.69) is 32.7 Å². The first-order valence-corrected chi connectivity index (χ1v) is 4.90. The third-order valence-electron chi connectivity index (χ3n) is 4.04. The molecule has 0 spiro atoms. The minimum atomic E-state index is 0.242. The predicted octanol–water partition coefficient (Wildman–Crippen LogP) is 2.30. The molecule has 1 heterocycles. The molecule has 0 bridgehead atoms. The van der Waals surface area contributed by atoms with Gasteiger partial charge in [0, 0.05) is 6.04 Å². The van der Waals surface area contributed by atoms with Crippen molar-refractivity contribution < 1.29 is 4.79 Å². The van der Waals surface area contributed by atoms with E-state index in [1.165, 1.54) is 0 Å². The molecule has 3 heteroatoms. The molecule has 0 radical (unpaired) electrons. The number of rotatable bonds is 2. The summed E-state index contributed by atoms with van der Waals surface area (Å²) >= 11 is 0. The summed E-state index contributed by atoms with van der Waals surface area (Å²) in [5.41, 5.74) is 1.16. The summed E-state index contributed by atoms with van der Waals surface area (Å²) < 4.78 is 1.99. The van der Waals surface area contributed by atoms with Crippen LogP contribution in [0, 0.1) is 10.8 Å². The topological polar surface area (TPSA) is 34.9 Å². The van der Waals surface area contributed by atoms with Gasteiger partial charge in [0.2, 0.25) is 0 Å². The van der Waals surface area contributed by atoms with E-state index >= 15 is 0 Å². The van der Waals surface area contributed by atoms with Gasteiger partial charge in [-0.25, -0.2) is 4.98 Å². The van der Waals surface area contributed by atoms with Crippen molar-refractivity contribution in [1.29, 1.82) is 0 Å². The van der Waals surface area contributed by atoms with E-state index in [-0.39, 0.29) is 10.8 Å². The van der Waals surface area contributed by atoms with Crippen LogP contribution in [-0.4, -0.2) is 15.8 Å². The molecule has 0 saturated heterocycles. The van der Waals surface area contributed by atoms with Crippen molar-refractivity contribution in [2.45, 2.75) is 33.7 Å². The number of carbonyl (C=O) groups is 1. The van der Waals surface area contributed by atoms with E-state index in [1.54, 1.807) is 12.5 Å². The number of carbonyl (C=O) groups excluding carboxylic acids is 1. The molecule has 0 amide bonds. The molecule has 3 nitrogen and oxygen atoms in total. The molecule has 0 atom stereocenters. The van der Waals surface area contributed by atoms with E-state index in [4.69, 9.17) is 0 Å².